The molecule has 1 unspecified atom stereocenters. The molecule has 3 N–H and O–H groups in total. The standard InChI is InChI=1S/C14H24N2O4S2/c1-11(2)5-4-6-12(3)16-22(19,20)14-9-7-13(8-10-14)21(15,17)18/h7-12,16H,4-6H2,1-3H3,(H2,15,17,18). The number of benzene rings is 1. The molecule has 22 heavy (non-hydrogen) atoms. The number of hydrogen-bond acceptors (Lipinski definition) is 4. The summed E-state index contributed by atoms with van der Waals surface area (Å²) in [6, 6.07) is 4.67. The number of rotatable bonds is 8. The second-order valence-electron chi connectivity index (χ2n) is 5.86. The van der Waals surface area contributed by atoms with Gasteiger partial charge in [0.2, 0.25) is 20.0 Å². The first kappa shape index (κ1) is 19.1. The SMILES string of the molecule is CC(C)CCCC(C)NS(=O)(=O)c1ccc(S(N)(=O)=O)cc1. The Morgan fingerprint density at radius 1 is 0.955 bits per heavy atom. The average molecular weight is 348 g/mol. The van der Waals surface area contributed by atoms with E-state index >= 15 is 0 Å². The van der Waals surface area contributed by atoms with Crippen molar-refractivity contribution in [3.05, 3.63) is 24.3 Å². The van der Waals surface area contributed by atoms with Crippen molar-refractivity contribution in [1.29, 1.82) is 0 Å². The lowest BCUT2D eigenvalue weighted by Crippen LogP contribution is -2.32. The summed E-state index contributed by atoms with van der Waals surface area (Å²) < 4.78 is 49.3. The van der Waals surface area contributed by atoms with Crippen molar-refractivity contribution in [3.63, 3.8) is 0 Å². The minimum Gasteiger partial charge on any atom is -0.225 e. The number of nitrogens with one attached hydrogen (secondary N) is 1. The zero-order chi connectivity index (χ0) is 17.0. The van der Waals surface area contributed by atoms with E-state index in [-0.39, 0.29) is 15.8 Å². The predicted molar refractivity (Wildman–Crippen MR) is 86.3 cm³/mol. The largest absolute Gasteiger partial charge is 0.240 e. The lowest BCUT2D eigenvalue weighted by atomic mass is 10.0. The Kier molecular flexibility index (Phi) is 6.54. The van der Waals surface area contributed by atoms with Gasteiger partial charge >= 0.3 is 0 Å². The molecule has 0 aliphatic rings. The molecule has 1 aromatic carbocycles. The maximum Gasteiger partial charge on any atom is 0.240 e. The van der Waals surface area contributed by atoms with Crippen molar-refractivity contribution in [2.24, 2.45) is 11.1 Å². The molecule has 0 bridgehead atoms. The van der Waals surface area contributed by atoms with Gasteiger partial charge in [-0.3, -0.25) is 0 Å². The summed E-state index contributed by atoms with van der Waals surface area (Å²) in [5.41, 5.74) is 0. The van der Waals surface area contributed by atoms with E-state index in [1.54, 1.807) is 0 Å². The Morgan fingerprint density at radius 2 is 1.45 bits per heavy atom. The van der Waals surface area contributed by atoms with Gasteiger partial charge in [0.15, 0.2) is 0 Å². The highest BCUT2D eigenvalue weighted by Crippen LogP contribution is 2.15. The molecule has 0 aliphatic heterocycles. The van der Waals surface area contributed by atoms with Gasteiger partial charge in [0.25, 0.3) is 0 Å². The summed E-state index contributed by atoms with van der Waals surface area (Å²) >= 11 is 0. The zero-order valence-electron chi connectivity index (χ0n) is 13.1. The molecule has 126 valence electrons. The van der Waals surface area contributed by atoms with Crippen molar-refractivity contribution >= 4 is 20.0 Å². The van der Waals surface area contributed by atoms with Gasteiger partial charge in [-0.1, -0.05) is 26.7 Å². The molecule has 0 spiro atoms. The molecule has 0 saturated heterocycles. The van der Waals surface area contributed by atoms with Crippen molar-refractivity contribution in [3.8, 4) is 0 Å². The third kappa shape index (κ3) is 6.04. The van der Waals surface area contributed by atoms with Gasteiger partial charge in [0, 0.05) is 6.04 Å². The smallest absolute Gasteiger partial charge is 0.225 e. The minimum atomic E-state index is -3.82. The molecule has 1 rings (SSSR count). The Bertz CT molecular complexity index is 680. The molecule has 8 heteroatoms. The first-order valence-electron chi connectivity index (χ1n) is 7.17. The lowest BCUT2D eigenvalue weighted by Gasteiger charge is -2.15. The topological polar surface area (TPSA) is 106 Å². The van der Waals surface area contributed by atoms with Crippen LogP contribution in [0.3, 0.4) is 0 Å². The Balaban J connectivity index is 2.74. The second kappa shape index (κ2) is 7.54. The van der Waals surface area contributed by atoms with Gasteiger partial charge in [-0.05, 0) is 43.5 Å². The minimum absolute atomic E-state index is 0.0237. The normalized spacial score (nSPS) is 14.2. The molecule has 0 aromatic heterocycles. The fourth-order valence-corrected chi connectivity index (χ4v) is 3.83. The molecule has 0 amide bonds. The lowest BCUT2D eigenvalue weighted by molar-refractivity contribution is 0.488. The fraction of sp³-hybridized carbons (Fsp3) is 0.571. The highest BCUT2D eigenvalue weighted by atomic mass is 32.2. The summed E-state index contributed by atoms with van der Waals surface area (Å²) in [6.07, 6.45) is 2.76. The van der Waals surface area contributed by atoms with E-state index in [1.807, 2.05) is 6.92 Å². The van der Waals surface area contributed by atoms with E-state index in [4.69, 9.17) is 5.14 Å². The van der Waals surface area contributed by atoms with E-state index in [0.717, 1.165) is 19.3 Å². The van der Waals surface area contributed by atoms with Gasteiger partial charge < -0.3 is 0 Å². The molecule has 0 heterocycles. The molecule has 0 fully saturated rings. The van der Waals surface area contributed by atoms with Crippen LogP contribution in [0, 0.1) is 5.92 Å². The third-order valence-corrected chi connectivity index (χ3v) is 5.77. The van der Waals surface area contributed by atoms with E-state index in [0.29, 0.717) is 5.92 Å². The fourth-order valence-electron chi connectivity index (χ4n) is 2.03. The second-order valence-corrected chi connectivity index (χ2v) is 9.14. The summed E-state index contributed by atoms with van der Waals surface area (Å²) in [7, 11) is -7.48. The predicted octanol–water partition coefficient (Wildman–Crippen LogP) is 1.83. The van der Waals surface area contributed by atoms with Crippen molar-refractivity contribution < 1.29 is 16.8 Å². The molecule has 1 atom stereocenters. The summed E-state index contributed by atoms with van der Waals surface area (Å²) in [4.78, 5) is -0.0907. The summed E-state index contributed by atoms with van der Waals surface area (Å²) in [6.45, 7) is 6.07. The van der Waals surface area contributed by atoms with Crippen molar-refractivity contribution in [2.75, 3.05) is 0 Å². The molecule has 1 aromatic rings. The molecular formula is C14H24N2O4S2. The van der Waals surface area contributed by atoms with Crippen LogP contribution in [0.5, 0.6) is 0 Å². The van der Waals surface area contributed by atoms with E-state index < -0.39 is 20.0 Å². The Morgan fingerprint density at radius 3 is 1.91 bits per heavy atom. The van der Waals surface area contributed by atoms with Crippen LogP contribution in [0.4, 0.5) is 0 Å². The van der Waals surface area contributed by atoms with Gasteiger partial charge in [0.05, 0.1) is 9.79 Å². The van der Waals surface area contributed by atoms with Gasteiger partial charge in [-0.15, -0.1) is 0 Å². The van der Waals surface area contributed by atoms with E-state index in [9.17, 15) is 16.8 Å². The van der Waals surface area contributed by atoms with Crippen LogP contribution >= 0.6 is 0 Å². The van der Waals surface area contributed by atoms with Gasteiger partial charge in [-0.2, -0.15) is 0 Å². The molecule has 0 radical (unpaired) electrons. The maximum atomic E-state index is 12.2. The van der Waals surface area contributed by atoms with Crippen molar-refractivity contribution in [1.82, 2.24) is 4.72 Å². The number of sulfonamides is 2. The first-order valence-corrected chi connectivity index (χ1v) is 10.2. The number of hydrogen-bond donors (Lipinski definition) is 2. The maximum absolute atomic E-state index is 12.2. The van der Waals surface area contributed by atoms with E-state index in [2.05, 4.69) is 18.6 Å². The van der Waals surface area contributed by atoms with Gasteiger partial charge in [0.1, 0.15) is 0 Å². The van der Waals surface area contributed by atoms with Crippen LogP contribution in [0.25, 0.3) is 0 Å². The Hall–Kier alpha value is -0.960. The van der Waals surface area contributed by atoms with Crippen LogP contribution in [0.15, 0.2) is 34.1 Å². The van der Waals surface area contributed by atoms with Crippen LogP contribution < -0.4 is 9.86 Å². The highest BCUT2D eigenvalue weighted by molar-refractivity contribution is 7.89. The highest BCUT2D eigenvalue weighted by Gasteiger charge is 2.18. The van der Waals surface area contributed by atoms with Crippen LogP contribution in [0.2, 0.25) is 0 Å². The summed E-state index contributed by atoms with van der Waals surface area (Å²) in [5.74, 6) is 0.592. The third-order valence-electron chi connectivity index (χ3n) is 3.24. The first-order chi connectivity index (χ1) is 10.0. The number of nitrogens with two attached hydrogens (primary N) is 1. The van der Waals surface area contributed by atoms with Crippen LogP contribution in [-0.2, 0) is 20.0 Å². The van der Waals surface area contributed by atoms with Crippen LogP contribution in [0.1, 0.15) is 40.0 Å². The quantitative estimate of drug-likeness (QED) is 0.747. The van der Waals surface area contributed by atoms with Crippen molar-refractivity contribution in [2.45, 2.75) is 55.9 Å². The van der Waals surface area contributed by atoms with Crippen LogP contribution in [-0.4, -0.2) is 22.9 Å². The molecule has 0 aliphatic carbocycles. The molecule has 0 saturated carbocycles. The monoisotopic (exact) mass is 348 g/mol. The zero-order valence-corrected chi connectivity index (χ0v) is 14.7. The summed E-state index contributed by atoms with van der Waals surface area (Å²) in [5, 5.41) is 4.98. The molecular weight excluding hydrogens is 324 g/mol. The van der Waals surface area contributed by atoms with E-state index in [1.165, 1.54) is 24.3 Å². The molecule has 6 nitrogen and oxygen atoms in total. The average Bonchev–Trinajstić information content (AvgIpc) is 2.36. The Labute approximate surface area is 133 Å². The number of primary sulfonamides is 1. The van der Waals surface area contributed by atoms with Gasteiger partial charge in [-0.25, -0.2) is 26.7 Å².